The van der Waals surface area contributed by atoms with Crippen molar-refractivity contribution in [1.29, 1.82) is 0 Å². The minimum Gasteiger partial charge on any atom is -0.477 e. The average Bonchev–Trinajstić information content (AvgIpc) is 1.58. The number of rotatable bonds is 4. The van der Waals surface area contributed by atoms with Crippen LogP contribution < -0.4 is 4.90 Å². The van der Waals surface area contributed by atoms with Crippen LogP contribution in [0.15, 0.2) is 0 Å². The van der Waals surface area contributed by atoms with E-state index in [0.29, 0.717) is 4.90 Å². The van der Waals surface area contributed by atoms with E-state index >= 15 is 0 Å². The molecule has 5 heteroatoms. The second-order valence-corrected chi connectivity index (χ2v) is 2.10. The predicted octanol–water partition coefficient (Wildman–Crippen LogP) is -2.33. The first-order valence-electron chi connectivity index (χ1n) is 2.77. The molecule has 10 heavy (non-hydrogen) atoms. The van der Waals surface area contributed by atoms with Crippen LogP contribution in [-0.2, 0) is 9.59 Å². The number of carboxylic acids is 2. The van der Waals surface area contributed by atoms with Crippen molar-refractivity contribution >= 4 is 11.9 Å². The molecule has 0 fully saturated rings. The molecule has 0 aromatic rings. The maximum Gasteiger partial charge on any atom is 0.359 e. The lowest BCUT2D eigenvalue weighted by Crippen LogP contribution is -3.10. The number of hydrogen-bond donors (Lipinski definition) is 3. The van der Waals surface area contributed by atoms with E-state index in [1.54, 1.807) is 0 Å². The summed E-state index contributed by atoms with van der Waals surface area (Å²) in [5.74, 6) is -1.97. The molecule has 0 amide bonds. The maximum absolute atomic E-state index is 9.98. The Labute approximate surface area is 57.9 Å². The summed E-state index contributed by atoms with van der Waals surface area (Å²) in [6, 6.07) is 0. The van der Waals surface area contributed by atoms with Gasteiger partial charge in [0, 0.05) is 0 Å². The molecule has 3 N–H and O–H groups in total. The summed E-state index contributed by atoms with van der Waals surface area (Å²) in [5, 5.41) is 16.4. The fourth-order valence-corrected chi connectivity index (χ4v) is 0.579. The Hall–Kier alpha value is -1.10. The Bertz CT molecular complexity index is 129. The van der Waals surface area contributed by atoms with Crippen LogP contribution in [0.3, 0.4) is 0 Å². The molecule has 5 nitrogen and oxygen atoms in total. The lowest BCUT2D eigenvalue weighted by molar-refractivity contribution is -0.864. The van der Waals surface area contributed by atoms with E-state index < -0.39 is 11.9 Å². The van der Waals surface area contributed by atoms with E-state index in [4.69, 9.17) is 10.2 Å². The number of aliphatic carboxylic acids is 2. The first kappa shape index (κ1) is 8.90. The number of hydrogen-bond acceptors (Lipinski definition) is 2. The van der Waals surface area contributed by atoms with Gasteiger partial charge >= 0.3 is 11.9 Å². The molecule has 0 aromatic carbocycles. The molecular weight excluding hydrogens is 138 g/mol. The lowest BCUT2D eigenvalue weighted by atomic mass is 10.5. The van der Waals surface area contributed by atoms with Gasteiger partial charge in [-0.2, -0.15) is 0 Å². The van der Waals surface area contributed by atoms with Gasteiger partial charge in [-0.25, -0.2) is 9.59 Å². The standard InChI is InChI=1S/C5H9NO4/c1-6(2-4(7)8)3-5(9)10/h2-3H2,1H3,(H,7,8)(H,9,10)/p+1. The minimum absolute atomic E-state index is 0.160. The van der Waals surface area contributed by atoms with Gasteiger partial charge in [-0.3, -0.25) is 0 Å². The van der Waals surface area contributed by atoms with Crippen LogP contribution in [0.5, 0.6) is 0 Å². The molecular formula is C5H10NO4+. The van der Waals surface area contributed by atoms with E-state index in [2.05, 4.69) is 0 Å². The molecule has 0 spiro atoms. The van der Waals surface area contributed by atoms with Crippen molar-refractivity contribution < 1.29 is 24.7 Å². The fraction of sp³-hybridized carbons (Fsp3) is 0.600. The zero-order valence-corrected chi connectivity index (χ0v) is 5.63. The number of nitrogens with one attached hydrogen (secondary N) is 1. The highest BCUT2D eigenvalue weighted by atomic mass is 16.4. The van der Waals surface area contributed by atoms with E-state index in [9.17, 15) is 9.59 Å². The van der Waals surface area contributed by atoms with E-state index in [-0.39, 0.29) is 13.1 Å². The van der Waals surface area contributed by atoms with Crippen LogP contribution >= 0.6 is 0 Å². The third-order valence-electron chi connectivity index (χ3n) is 0.906. The molecule has 0 aliphatic rings. The predicted molar refractivity (Wildman–Crippen MR) is 31.9 cm³/mol. The van der Waals surface area contributed by atoms with Crippen molar-refractivity contribution in [2.75, 3.05) is 20.1 Å². The second-order valence-electron chi connectivity index (χ2n) is 2.10. The summed E-state index contributed by atoms with van der Waals surface area (Å²) in [5.41, 5.74) is 0. The number of quaternary nitrogens is 1. The first-order valence-corrected chi connectivity index (χ1v) is 2.77. The summed E-state index contributed by atoms with van der Waals surface area (Å²) in [6.07, 6.45) is 0. The normalized spacial score (nSPS) is 9.80. The zero-order chi connectivity index (χ0) is 8.15. The fourth-order valence-electron chi connectivity index (χ4n) is 0.579. The van der Waals surface area contributed by atoms with Crippen LogP contribution in [0.4, 0.5) is 0 Å². The highest BCUT2D eigenvalue weighted by Gasteiger charge is 2.10. The van der Waals surface area contributed by atoms with Crippen LogP contribution in [-0.4, -0.2) is 42.3 Å². The van der Waals surface area contributed by atoms with Gasteiger partial charge < -0.3 is 15.1 Å². The summed E-state index contributed by atoms with van der Waals surface area (Å²) >= 11 is 0. The quantitative estimate of drug-likeness (QED) is 0.418. The molecule has 0 aliphatic carbocycles. The van der Waals surface area contributed by atoms with Gasteiger partial charge in [0.05, 0.1) is 7.05 Å². The average molecular weight is 148 g/mol. The second kappa shape index (κ2) is 3.84. The minimum atomic E-state index is -0.987. The van der Waals surface area contributed by atoms with Gasteiger partial charge in [0.25, 0.3) is 0 Å². The Morgan fingerprint density at radius 2 is 1.50 bits per heavy atom. The van der Waals surface area contributed by atoms with Crippen molar-refractivity contribution in [1.82, 2.24) is 0 Å². The Balaban J connectivity index is 3.53. The van der Waals surface area contributed by atoms with Gasteiger partial charge in [0.1, 0.15) is 0 Å². The zero-order valence-electron chi connectivity index (χ0n) is 5.63. The molecule has 0 aromatic heterocycles. The summed E-state index contributed by atoms with van der Waals surface area (Å²) in [6.45, 7) is -0.321. The topological polar surface area (TPSA) is 79.0 Å². The molecule has 0 radical (unpaired) electrons. The van der Waals surface area contributed by atoms with Crippen LogP contribution in [0, 0.1) is 0 Å². The number of carbonyl (C=O) groups is 2. The summed E-state index contributed by atoms with van der Waals surface area (Å²) in [4.78, 5) is 20.4. The van der Waals surface area contributed by atoms with E-state index in [1.807, 2.05) is 0 Å². The van der Waals surface area contributed by atoms with Crippen molar-refractivity contribution in [3.63, 3.8) is 0 Å². The number of carboxylic acid groups (broad SMARTS) is 2. The van der Waals surface area contributed by atoms with Gasteiger partial charge in [0.2, 0.25) is 0 Å². The summed E-state index contributed by atoms with van der Waals surface area (Å²) in [7, 11) is 1.52. The van der Waals surface area contributed by atoms with Crippen molar-refractivity contribution in [3.8, 4) is 0 Å². The van der Waals surface area contributed by atoms with Crippen molar-refractivity contribution in [3.05, 3.63) is 0 Å². The molecule has 0 bridgehead atoms. The monoisotopic (exact) mass is 148 g/mol. The Morgan fingerprint density at radius 3 is 1.70 bits per heavy atom. The van der Waals surface area contributed by atoms with Crippen LogP contribution in [0.2, 0.25) is 0 Å². The van der Waals surface area contributed by atoms with Gasteiger partial charge in [0.15, 0.2) is 13.1 Å². The van der Waals surface area contributed by atoms with Crippen LogP contribution in [0.25, 0.3) is 0 Å². The molecule has 0 saturated carbocycles. The molecule has 0 saturated heterocycles. The summed E-state index contributed by atoms with van der Waals surface area (Å²) < 4.78 is 0. The lowest BCUT2D eigenvalue weighted by Gasteiger charge is -2.06. The van der Waals surface area contributed by atoms with Crippen molar-refractivity contribution in [2.24, 2.45) is 0 Å². The largest absolute Gasteiger partial charge is 0.477 e. The highest BCUT2D eigenvalue weighted by molar-refractivity contribution is 5.69. The van der Waals surface area contributed by atoms with Gasteiger partial charge in [-0.1, -0.05) is 0 Å². The molecule has 0 unspecified atom stereocenters. The van der Waals surface area contributed by atoms with E-state index in [0.717, 1.165) is 0 Å². The molecule has 0 heterocycles. The molecule has 0 rings (SSSR count). The number of likely N-dealkylation sites (N-methyl/N-ethyl adjacent to an activating group) is 1. The van der Waals surface area contributed by atoms with Gasteiger partial charge in [-0.15, -0.1) is 0 Å². The molecule has 0 atom stereocenters. The van der Waals surface area contributed by atoms with Gasteiger partial charge in [-0.05, 0) is 0 Å². The smallest absolute Gasteiger partial charge is 0.359 e. The molecule has 0 aliphatic heterocycles. The maximum atomic E-state index is 9.98. The Kier molecular flexibility index (Phi) is 3.42. The first-order chi connectivity index (χ1) is 4.52. The Morgan fingerprint density at radius 1 is 1.20 bits per heavy atom. The highest BCUT2D eigenvalue weighted by Crippen LogP contribution is 1.53. The third-order valence-corrected chi connectivity index (χ3v) is 0.906. The molecule has 58 valence electrons. The SMILES string of the molecule is C[NH+](CC(=O)O)CC(=O)O. The third kappa shape index (κ3) is 5.04. The van der Waals surface area contributed by atoms with Crippen molar-refractivity contribution in [2.45, 2.75) is 0 Å². The van der Waals surface area contributed by atoms with Crippen LogP contribution in [0.1, 0.15) is 0 Å². The van der Waals surface area contributed by atoms with E-state index in [1.165, 1.54) is 7.05 Å².